The quantitative estimate of drug-likeness (QED) is 0.805. The van der Waals surface area contributed by atoms with E-state index in [0.29, 0.717) is 18.4 Å². The smallest absolute Gasteiger partial charge is 0.226 e. The van der Waals surface area contributed by atoms with E-state index in [-0.39, 0.29) is 5.92 Å². The van der Waals surface area contributed by atoms with Crippen molar-refractivity contribution < 1.29 is 9.53 Å². The van der Waals surface area contributed by atoms with E-state index in [4.69, 9.17) is 16.3 Å². The van der Waals surface area contributed by atoms with Crippen LogP contribution < -0.4 is 4.74 Å². The van der Waals surface area contributed by atoms with Gasteiger partial charge in [-0.25, -0.2) is 0 Å². The Morgan fingerprint density at radius 1 is 1.16 bits per heavy atom. The summed E-state index contributed by atoms with van der Waals surface area (Å²) in [7, 11) is 0. The number of amides is 1. The Balaban J connectivity index is 1.24. The van der Waals surface area contributed by atoms with Crippen LogP contribution in [0.2, 0.25) is 5.02 Å². The van der Waals surface area contributed by atoms with Gasteiger partial charge in [0.05, 0.1) is 0 Å². The number of benzene rings is 1. The van der Waals surface area contributed by atoms with E-state index in [1.54, 1.807) is 0 Å². The van der Waals surface area contributed by atoms with Crippen LogP contribution in [0.5, 0.6) is 5.75 Å². The normalized spacial score (nSPS) is 29.2. The van der Waals surface area contributed by atoms with Crippen LogP contribution in [0.4, 0.5) is 0 Å². The first-order chi connectivity index (χ1) is 12.2. The third-order valence-corrected chi connectivity index (χ3v) is 6.44. The Labute approximate surface area is 155 Å². The average Bonchev–Trinajstić information content (AvgIpc) is 3.13. The fourth-order valence-electron chi connectivity index (χ4n) is 4.64. The van der Waals surface area contributed by atoms with Gasteiger partial charge in [-0.05, 0) is 68.3 Å². The molecule has 0 spiro atoms. The highest BCUT2D eigenvalue weighted by Crippen LogP contribution is 2.46. The molecule has 3 fully saturated rings. The number of hydrogen-bond donors (Lipinski definition) is 0. The number of hydrogen-bond acceptors (Lipinski definition) is 3. The van der Waals surface area contributed by atoms with Crippen molar-refractivity contribution in [2.24, 2.45) is 17.8 Å². The number of likely N-dealkylation sites (tertiary alicyclic amines) is 2. The van der Waals surface area contributed by atoms with Gasteiger partial charge in [0.25, 0.3) is 0 Å². The van der Waals surface area contributed by atoms with Crippen molar-refractivity contribution in [2.45, 2.75) is 25.7 Å². The van der Waals surface area contributed by atoms with Crippen LogP contribution in [-0.4, -0.2) is 55.0 Å². The van der Waals surface area contributed by atoms with Crippen molar-refractivity contribution in [3.05, 3.63) is 29.3 Å². The van der Waals surface area contributed by atoms with Gasteiger partial charge in [0.1, 0.15) is 12.4 Å². The predicted molar refractivity (Wildman–Crippen MR) is 98.9 cm³/mol. The van der Waals surface area contributed by atoms with E-state index in [1.807, 2.05) is 24.3 Å². The molecule has 3 atom stereocenters. The molecule has 1 aromatic rings. The Kier molecular flexibility index (Phi) is 5.18. The molecule has 2 aliphatic heterocycles. The van der Waals surface area contributed by atoms with Gasteiger partial charge in [0.15, 0.2) is 0 Å². The van der Waals surface area contributed by atoms with Crippen LogP contribution in [0.3, 0.4) is 0 Å². The fourth-order valence-corrected chi connectivity index (χ4v) is 4.76. The second-order valence-electron chi connectivity index (χ2n) is 7.69. The van der Waals surface area contributed by atoms with Gasteiger partial charge in [-0.1, -0.05) is 11.6 Å². The summed E-state index contributed by atoms with van der Waals surface area (Å²) in [6, 6.07) is 7.52. The van der Waals surface area contributed by atoms with E-state index < -0.39 is 0 Å². The standard InChI is InChI=1S/C20H27ClN2O2/c21-16-3-5-17(6-4-16)25-12-11-22-10-7-15-13-18(19(15)14-22)20(24)23-8-1-2-9-23/h3-6,15,18-19H,1-2,7-14H2/t15-,18-,19-/m1/s1. The van der Waals surface area contributed by atoms with E-state index in [0.717, 1.165) is 55.8 Å². The van der Waals surface area contributed by atoms with Gasteiger partial charge in [-0.3, -0.25) is 9.69 Å². The van der Waals surface area contributed by atoms with Crippen molar-refractivity contribution in [2.75, 3.05) is 39.3 Å². The van der Waals surface area contributed by atoms with Crippen molar-refractivity contribution in [1.82, 2.24) is 9.80 Å². The number of piperidine rings is 1. The first kappa shape index (κ1) is 17.2. The van der Waals surface area contributed by atoms with E-state index in [1.165, 1.54) is 19.3 Å². The van der Waals surface area contributed by atoms with Crippen LogP contribution in [-0.2, 0) is 4.79 Å². The summed E-state index contributed by atoms with van der Waals surface area (Å²) in [5, 5.41) is 0.730. The second-order valence-corrected chi connectivity index (χ2v) is 8.13. The molecule has 3 aliphatic rings. The van der Waals surface area contributed by atoms with E-state index in [9.17, 15) is 4.79 Å². The van der Waals surface area contributed by atoms with Crippen molar-refractivity contribution in [1.29, 1.82) is 0 Å². The van der Waals surface area contributed by atoms with Crippen LogP contribution in [0, 0.1) is 17.8 Å². The highest BCUT2D eigenvalue weighted by Gasteiger charge is 2.48. The van der Waals surface area contributed by atoms with E-state index >= 15 is 0 Å². The van der Waals surface area contributed by atoms with Gasteiger partial charge < -0.3 is 9.64 Å². The molecule has 2 saturated heterocycles. The summed E-state index contributed by atoms with van der Waals surface area (Å²) in [6.45, 7) is 5.76. The third kappa shape index (κ3) is 3.80. The summed E-state index contributed by atoms with van der Waals surface area (Å²) in [6.07, 6.45) is 4.71. The van der Waals surface area contributed by atoms with Crippen molar-refractivity contribution in [3.8, 4) is 5.75 Å². The molecule has 1 saturated carbocycles. The summed E-state index contributed by atoms with van der Waals surface area (Å²) >= 11 is 5.90. The lowest BCUT2D eigenvalue weighted by Crippen LogP contribution is -2.55. The summed E-state index contributed by atoms with van der Waals surface area (Å²) in [5.74, 6) is 2.91. The van der Waals surface area contributed by atoms with Gasteiger partial charge in [-0.2, -0.15) is 0 Å². The number of halogens is 1. The molecule has 1 aromatic carbocycles. The molecule has 136 valence electrons. The van der Waals surface area contributed by atoms with Gasteiger partial charge in [-0.15, -0.1) is 0 Å². The number of carbonyl (C=O) groups is 1. The maximum atomic E-state index is 12.7. The number of nitrogens with zero attached hydrogens (tertiary/aromatic N) is 2. The van der Waals surface area contributed by atoms with Gasteiger partial charge in [0, 0.05) is 37.1 Å². The van der Waals surface area contributed by atoms with Gasteiger partial charge >= 0.3 is 0 Å². The molecule has 0 aromatic heterocycles. The number of fused-ring (bicyclic) bond motifs is 1. The molecule has 1 aliphatic carbocycles. The minimum atomic E-state index is 0.281. The molecule has 0 unspecified atom stereocenters. The van der Waals surface area contributed by atoms with Crippen LogP contribution in [0.25, 0.3) is 0 Å². The zero-order chi connectivity index (χ0) is 17.2. The molecular weight excluding hydrogens is 336 g/mol. The lowest BCUT2D eigenvalue weighted by atomic mass is 9.61. The van der Waals surface area contributed by atoms with Crippen LogP contribution >= 0.6 is 11.6 Å². The topological polar surface area (TPSA) is 32.8 Å². The zero-order valence-corrected chi connectivity index (χ0v) is 15.5. The molecule has 25 heavy (non-hydrogen) atoms. The van der Waals surface area contributed by atoms with Gasteiger partial charge in [0.2, 0.25) is 5.91 Å². The Morgan fingerprint density at radius 2 is 1.92 bits per heavy atom. The highest BCUT2D eigenvalue weighted by molar-refractivity contribution is 6.30. The fraction of sp³-hybridized carbons (Fsp3) is 0.650. The first-order valence-corrected chi connectivity index (χ1v) is 9.98. The molecule has 0 N–H and O–H groups in total. The molecule has 2 heterocycles. The largest absolute Gasteiger partial charge is 0.492 e. The van der Waals surface area contributed by atoms with Crippen LogP contribution in [0.15, 0.2) is 24.3 Å². The molecule has 0 bridgehead atoms. The maximum Gasteiger partial charge on any atom is 0.226 e. The molecule has 0 radical (unpaired) electrons. The van der Waals surface area contributed by atoms with Crippen molar-refractivity contribution in [3.63, 3.8) is 0 Å². The molecule has 1 amide bonds. The summed E-state index contributed by atoms with van der Waals surface area (Å²) < 4.78 is 5.82. The minimum absolute atomic E-state index is 0.281. The van der Waals surface area contributed by atoms with E-state index in [2.05, 4.69) is 9.80 Å². The maximum absolute atomic E-state index is 12.7. The Bertz CT molecular complexity index is 600. The summed E-state index contributed by atoms with van der Waals surface area (Å²) in [4.78, 5) is 17.3. The Morgan fingerprint density at radius 3 is 2.68 bits per heavy atom. The molecule has 4 rings (SSSR count). The minimum Gasteiger partial charge on any atom is -0.492 e. The molecule has 5 heteroatoms. The predicted octanol–water partition coefficient (Wildman–Crippen LogP) is 3.30. The SMILES string of the molecule is O=C([C@@H]1C[C@H]2CCN(CCOc3ccc(Cl)cc3)C[C@H]21)N1CCCC1. The highest BCUT2D eigenvalue weighted by atomic mass is 35.5. The van der Waals surface area contributed by atoms with Crippen LogP contribution in [0.1, 0.15) is 25.7 Å². The molecular formula is C20H27ClN2O2. The molecule has 4 nitrogen and oxygen atoms in total. The van der Waals surface area contributed by atoms with Crippen molar-refractivity contribution >= 4 is 17.5 Å². The lowest BCUT2D eigenvalue weighted by molar-refractivity contribution is -0.146. The average molecular weight is 363 g/mol. The number of carbonyl (C=O) groups excluding carboxylic acids is 1. The lowest BCUT2D eigenvalue weighted by Gasteiger charge is -2.51. The number of ether oxygens (including phenoxy) is 1. The summed E-state index contributed by atoms with van der Waals surface area (Å²) in [5.41, 5.74) is 0. The Hall–Kier alpha value is -1.26. The third-order valence-electron chi connectivity index (χ3n) is 6.19. The monoisotopic (exact) mass is 362 g/mol. The second kappa shape index (κ2) is 7.55. The number of rotatable bonds is 5. The zero-order valence-electron chi connectivity index (χ0n) is 14.7. The first-order valence-electron chi connectivity index (χ1n) is 9.60.